The molecule has 0 saturated carbocycles. The third kappa shape index (κ3) is 3.76. The Bertz CT molecular complexity index is 468. The second-order valence-corrected chi connectivity index (χ2v) is 5.17. The van der Waals surface area contributed by atoms with Crippen molar-refractivity contribution in [3.63, 3.8) is 0 Å². The Morgan fingerprint density at radius 2 is 2.25 bits per heavy atom. The van der Waals surface area contributed by atoms with E-state index in [2.05, 4.69) is 43.4 Å². The predicted molar refractivity (Wildman–Crippen MR) is 83.6 cm³/mol. The summed E-state index contributed by atoms with van der Waals surface area (Å²) in [7, 11) is 0. The van der Waals surface area contributed by atoms with Gasteiger partial charge in [0.25, 0.3) is 0 Å². The fraction of sp³-hybridized carbons (Fsp3) is 0.529. The minimum Gasteiger partial charge on any atom is -0.493 e. The SMILES string of the molecule is CCCNCC=Cc1cc2c(cc1OCC)CC(C)O2. The highest BCUT2D eigenvalue weighted by molar-refractivity contribution is 5.62. The van der Waals surface area contributed by atoms with Crippen molar-refractivity contribution >= 4 is 6.08 Å². The second-order valence-electron chi connectivity index (χ2n) is 5.17. The number of nitrogens with one attached hydrogen (secondary N) is 1. The molecule has 110 valence electrons. The lowest BCUT2D eigenvalue weighted by Gasteiger charge is -2.10. The maximum atomic E-state index is 5.82. The molecule has 0 fully saturated rings. The lowest BCUT2D eigenvalue weighted by atomic mass is 10.1. The van der Waals surface area contributed by atoms with Crippen molar-refractivity contribution in [3.05, 3.63) is 29.3 Å². The minimum absolute atomic E-state index is 0.268. The molecule has 1 aromatic rings. The molecule has 0 saturated heterocycles. The van der Waals surface area contributed by atoms with E-state index in [-0.39, 0.29) is 6.10 Å². The van der Waals surface area contributed by atoms with Crippen molar-refractivity contribution in [2.24, 2.45) is 0 Å². The molecule has 2 rings (SSSR count). The Morgan fingerprint density at radius 1 is 1.40 bits per heavy atom. The van der Waals surface area contributed by atoms with Gasteiger partial charge in [-0.15, -0.1) is 0 Å². The molecule has 0 spiro atoms. The molecule has 20 heavy (non-hydrogen) atoms. The Kier molecular flexibility index (Phi) is 5.48. The van der Waals surface area contributed by atoms with Gasteiger partial charge in [0.2, 0.25) is 0 Å². The molecule has 1 N–H and O–H groups in total. The van der Waals surface area contributed by atoms with Gasteiger partial charge < -0.3 is 14.8 Å². The van der Waals surface area contributed by atoms with E-state index in [0.29, 0.717) is 6.61 Å². The van der Waals surface area contributed by atoms with E-state index >= 15 is 0 Å². The predicted octanol–water partition coefficient (Wildman–Crippen LogP) is 3.42. The quantitative estimate of drug-likeness (QED) is 0.773. The van der Waals surface area contributed by atoms with Crippen LogP contribution in [0.25, 0.3) is 6.08 Å². The summed E-state index contributed by atoms with van der Waals surface area (Å²) in [4.78, 5) is 0. The van der Waals surface area contributed by atoms with Crippen LogP contribution in [-0.2, 0) is 6.42 Å². The van der Waals surface area contributed by atoms with Crippen LogP contribution in [0.1, 0.15) is 38.3 Å². The van der Waals surface area contributed by atoms with Gasteiger partial charge in [-0.3, -0.25) is 0 Å². The van der Waals surface area contributed by atoms with E-state index in [1.807, 2.05) is 6.92 Å². The van der Waals surface area contributed by atoms with Crippen LogP contribution in [0.3, 0.4) is 0 Å². The van der Waals surface area contributed by atoms with Gasteiger partial charge in [0, 0.05) is 24.1 Å². The largest absolute Gasteiger partial charge is 0.493 e. The van der Waals surface area contributed by atoms with Gasteiger partial charge in [0.05, 0.1) is 6.61 Å². The van der Waals surface area contributed by atoms with E-state index in [4.69, 9.17) is 9.47 Å². The fourth-order valence-electron chi connectivity index (χ4n) is 2.41. The summed E-state index contributed by atoms with van der Waals surface area (Å²) in [5.41, 5.74) is 2.35. The smallest absolute Gasteiger partial charge is 0.127 e. The first-order valence-corrected chi connectivity index (χ1v) is 7.58. The summed E-state index contributed by atoms with van der Waals surface area (Å²) in [6.45, 7) is 8.90. The fourth-order valence-corrected chi connectivity index (χ4v) is 2.41. The zero-order valence-corrected chi connectivity index (χ0v) is 12.7. The summed E-state index contributed by atoms with van der Waals surface area (Å²) >= 11 is 0. The van der Waals surface area contributed by atoms with Crippen molar-refractivity contribution in [3.8, 4) is 11.5 Å². The first-order chi connectivity index (χ1) is 9.74. The summed E-state index contributed by atoms with van der Waals surface area (Å²) < 4.78 is 11.6. The lowest BCUT2D eigenvalue weighted by molar-refractivity contribution is 0.254. The molecule has 1 atom stereocenters. The maximum absolute atomic E-state index is 5.82. The molecule has 0 amide bonds. The van der Waals surface area contributed by atoms with Crippen LogP contribution in [-0.4, -0.2) is 25.8 Å². The van der Waals surface area contributed by atoms with Gasteiger partial charge in [0.15, 0.2) is 0 Å². The summed E-state index contributed by atoms with van der Waals surface area (Å²) in [6.07, 6.45) is 6.64. The number of rotatable bonds is 7. The van der Waals surface area contributed by atoms with Crippen LogP contribution in [0.2, 0.25) is 0 Å². The van der Waals surface area contributed by atoms with Crippen molar-refractivity contribution in [2.45, 2.75) is 39.7 Å². The number of hydrogen-bond donors (Lipinski definition) is 1. The molecule has 1 heterocycles. The molecule has 3 heteroatoms. The molecule has 1 unspecified atom stereocenters. The number of ether oxygens (including phenoxy) is 2. The second kappa shape index (κ2) is 7.34. The first kappa shape index (κ1) is 14.9. The van der Waals surface area contributed by atoms with Crippen molar-refractivity contribution in [2.75, 3.05) is 19.7 Å². The minimum atomic E-state index is 0.268. The molecule has 1 aliphatic rings. The van der Waals surface area contributed by atoms with E-state index in [1.165, 1.54) is 5.56 Å². The van der Waals surface area contributed by atoms with Crippen LogP contribution >= 0.6 is 0 Å². The van der Waals surface area contributed by atoms with E-state index < -0.39 is 0 Å². The van der Waals surface area contributed by atoms with Gasteiger partial charge in [-0.05, 0) is 38.9 Å². The average Bonchev–Trinajstić information content (AvgIpc) is 2.78. The average molecular weight is 275 g/mol. The molecule has 0 aromatic heterocycles. The Labute approximate surface area is 122 Å². The molecule has 1 aromatic carbocycles. The summed E-state index contributed by atoms with van der Waals surface area (Å²) in [5, 5.41) is 3.36. The summed E-state index contributed by atoms with van der Waals surface area (Å²) in [6, 6.07) is 4.22. The lowest BCUT2D eigenvalue weighted by Crippen LogP contribution is -2.13. The van der Waals surface area contributed by atoms with E-state index in [1.54, 1.807) is 0 Å². The summed E-state index contributed by atoms with van der Waals surface area (Å²) in [5.74, 6) is 1.96. The zero-order valence-electron chi connectivity index (χ0n) is 12.7. The third-order valence-corrected chi connectivity index (χ3v) is 3.31. The standard InChI is InChI=1S/C17H25NO2/c1-4-8-18-9-6-7-14-11-17-15(10-13(3)20-17)12-16(14)19-5-2/h6-7,11-13,18H,4-5,8-10H2,1-3H3. The van der Waals surface area contributed by atoms with Crippen molar-refractivity contribution in [1.29, 1.82) is 0 Å². The van der Waals surface area contributed by atoms with Gasteiger partial charge in [-0.25, -0.2) is 0 Å². The molecule has 0 radical (unpaired) electrons. The molecular weight excluding hydrogens is 250 g/mol. The van der Waals surface area contributed by atoms with Crippen LogP contribution < -0.4 is 14.8 Å². The normalized spacial score (nSPS) is 17.2. The Morgan fingerprint density at radius 3 is 3.00 bits per heavy atom. The topological polar surface area (TPSA) is 30.5 Å². The Hall–Kier alpha value is -1.48. The molecule has 1 aliphatic heterocycles. The van der Waals surface area contributed by atoms with Gasteiger partial charge >= 0.3 is 0 Å². The van der Waals surface area contributed by atoms with Gasteiger partial charge in [-0.1, -0.05) is 19.1 Å². The third-order valence-electron chi connectivity index (χ3n) is 3.31. The molecule has 3 nitrogen and oxygen atoms in total. The number of benzene rings is 1. The van der Waals surface area contributed by atoms with Crippen LogP contribution in [0, 0.1) is 0 Å². The van der Waals surface area contributed by atoms with Gasteiger partial charge in [-0.2, -0.15) is 0 Å². The monoisotopic (exact) mass is 275 g/mol. The highest BCUT2D eigenvalue weighted by Gasteiger charge is 2.21. The molecular formula is C17H25NO2. The number of fused-ring (bicyclic) bond motifs is 1. The van der Waals surface area contributed by atoms with Crippen molar-refractivity contribution < 1.29 is 9.47 Å². The molecule has 0 aliphatic carbocycles. The van der Waals surface area contributed by atoms with E-state index in [0.717, 1.165) is 43.0 Å². The Balaban J connectivity index is 2.12. The highest BCUT2D eigenvalue weighted by atomic mass is 16.5. The van der Waals surface area contributed by atoms with Crippen LogP contribution in [0.15, 0.2) is 18.2 Å². The highest BCUT2D eigenvalue weighted by Crippen LogP contribution is 2.35. The van der Waals surface area contributed by atoms with Crippen molar-refractivity contribution in [1.82, 2.24) is 5.32 Å². The maximum Gasteiger partial charge on any atom is 0.127 e. The van der Waals surface area contributed by atoms with Gasteiger partial charge in [0.1, 0.15) is 17.6 Å². The van der Waals surface area contributed by atoms with Crippen LogP contribution in [0.5, 0.6) is 11.5 Å². The van der Waals surface area contributed by atoms with E-state index in [9.17, 15) is 0 Å². The number of hydrogen-bond acceptors (Lipinski definition) is 3. The van der Waals surface area contributed by atoms with Crippen LogP contribution in [0.4, 0.5) is 0 Å². The first-order valence-electron chi connectivity index (χ1n) is 7.58. The zero-order chi connectivity index (χ0) is 14.4. The molecule has 0 bridgehead atoms.